The zero-order valence-corrected chi connectivity index (χ0v) is 17.5. The molecular formula is C21H12Br2N2O3. The maximum absolute atomic E-state index is 5.93. The van der Waals surface area contributed by atoms with Gasteiger partial charge < -0.3 is 13.9 Å². The molecule has 5 nitrogen and oxygen atoms in total. The highest BCUT2D eigenvalue weighted by Crippen LogP contribution is 2.36. The molecule has 3 aromatic carbocycles. The molecule has 0 amide bonds. The van der Waals surface area contributed by atoms with Gasteiger partial charge in [0.1, 0.15) is 5.52 Å². The summed E-state index contributed by atoms with van der Waals surface area (Å²) in [7, 11) is 0. The highest BCUT2D eigenvalue weighted by molar-refractivity contribution is 9.10. The van der Waals surface area contributed by atoms with Crippen LogP contribution in [0.25, 0.3) is 22.6 Å². The Kier molecular flexibility index (Phi) is 4.41. The third-order valence-electron chi connectivity index (χ3n) is 4.29. The number of oxazole rings is 1. The van der Waals surface area contributed by atoms with Crippen LogP contribution in [0.4, 0.5) is 5.69 Å². The van der Waals surface area contributed by atoms with Crippen LogP contribution < -0.4 is 9.47 Å². The van der Waals surface area contributed by atoms with Crippen molar-refractivity contribution >= 4 is 54.9 Å². The lowest BCUT2D eigenvalue weighted by molar-refractivity contribution is 0.174. The molecule has 0 unspecified atom stereocenters. The standard InChI is InChI=1S/C21H12Br2N2O3/c22-14-3-1-2-12(6-14)21-25-17-5-4-15(8-18(17)28-21)24-10-13-7-19-20(9-16(13)23)27-11-26-19/h1-10H,11H2. The van der Waals surface area contributed by atoms with E-state index in [0.717, 1.165) is 37.0 Å². The molecule has 0 bridgehead atoms. The summed E-state index contributed by atoms with van der Waals surface area (Å²) in [5.41, 5.74) is 4.07. The van der Waals surface area contributed by atoms with Gasteiger partial charge >= 0.3 is 0 Å². The first kappa shape index (κ1) is 17.5. The summed E-state index contributed by atoms with van der Waals surface area (Å²) in [6.45, 7) is 0.241. The molecule has 2 heterocycles. The molecule has 0 saturated carbocycles. The van der Waals surface area contributed by atoms with Crippen LogP contribution in [-0.2, 0) is 0 Å². The van der Waals surface area contributed by atoms with Crippen LogP contribution in [0.1, 0.15) is 5.56 Å². The predicted molar refractivity (Wildman–Crippen MR) is 115 cm³/mol. The SMILES string of the molecule is Brc1cccc(-c2nc3ccc(N=Cc4cc5c(cc4Br)OCO5)cc3o2)c1. The zero-order valence-electron chi connectivity index (χ0n) is 14.4. The summed E-state index contributed by atoms with van der Waals surface area (Å²) in [5.74, 6) is 2.03. The van der Waals surface area contributed by atoms with E-state index in [1.54, 1.807) is 6.21 Å². The van der Waals surface area contributed by atoms with Crippen LogP contribution in [0, 0.1) is 0 Å². The van der Waals surface area contributed by atoms with Crippen molar-refractivity contribution in [2.75, 3.05) is 6.79 Å². The minimum atomic E-state index is 0.241. The fourth-order valence-electron chi connectivity index (χ4n) is 2.91. The highest BCUT2D eigenvalue weighted by atomic mass is 79.9. The second kappa shape index (κ2) is 7.07. The molecule has 28 heavy (non-hydrogen) atoms. The Morgan fingerprint density at radius 2 is 1.82 bits per heavy atom. The van der Waals surface area contributed by atoms with E-state index in [2.05, 4.69) is 41.8 Å². The number of nitrogens with zero attached hydrogens (tertiary/aromatic N) is 2. The minimum absolute atomic E-state index is 0.241. The molecule has 0 saturated heterocycles. The lowest BCUT2D eigenvalue weighted by atomic mass is 10.2. The van der Waals surface area contributed by atoms with Crippen molar-refractivity contribution in [3.05, 3.63) is 69.1 Å². The van der Waals surface area contributed by atoms with Crippen LogP contribution in [0.2, 0.25) is 0 Å². The Morgan fingerprint density at radius 1 is 0.964 bits per heavy atom. The number of ether oxygens (including phenoxy) is 2. The first-order valence-corrected chi connectivity index (χ1v) is 10.0. The number of fused-ring (bicyclic) bond motifs is 2. The molecule has 5 rings (SSSR count). The summed E-state index contributed by atoms with van der Waals surface area (Å²) in [6, 6.07) is 17.3. The molecule has 138 valence electrons. The number of hydrogen-bond donors (Lipinski definition) is 0. The van der Waals surface area contributed by atoms with Crippen molar-refractivity contribution < 1.29 is 13.9 Å². The number of halogens is 2. The second-order valence-electron chi connectivity index (χ2n) is 6.17. The van der Waals surface area contributed by atoms with Crippen molar-refractivity contribution in [3.63, 3.8) is 0 Å². The summed E-state index contributed by atoms with van der Waals surface area (Å²) >= 11 is 7.01. The Bertz CT molecular complexity index is 1230. The molecule has 0 spiro atoms. The van der Waals surface area contributed by atoms with Gasteiger partial charge in [-0.1, -0.05) is 22.0 Å². The number of benzene rings is 3. The first-order valence-electron chi connectivity index (χ1n) is 8.45. The summed E-state index contributed by atoms with van der Waals surface area (Å²) in [4.78, 5) is 9.12. The number of aliphatic imine (C=N–C) groups is 1. The Hall–Kier alpha value is -2.64. The van der Waals surface area contributed by atoms with E-state index in [1.165, 1.54) is 0 Å². The van der Waals surface area contributed by atoms with E-state index >= 15 is 0 Å². The molecule has 1 aliphatic rings. The average molecular weight is 500 g/mol. The minimum Gasteiger partial charge on any atom is -0.454 e. The fraction of sp³-hybridized carbons (Fsp3) is 0.0476. The van der Waals surface area contributed by atoms with Gasteiger partial charge in [0.05, 0.1) is 5.69 Å². The fourth-order valence-corrected chi connectivity index (χ4v) is 3.74. The monoisotopic (exact) mass is 498 g/mol. The van der Waals surface area contributed by atoms with Crippen molar-refractivity contribution in [1.29, 1.82) is 0 Å². The average Bonchev–Trinajstić information content (AvgIpc) is 3.32. The van der Waals surface area contributed by atoms with Crippen molar-refractivity contribution in [2.24, 2.45) is 4.99 Å². The molecule has 0 fully saturated rings. The Balaban J connectivity index is 1.46. The van der Waals surface area contributed by atoms with Gasteiger partial charge in [0.15, 0.2) is 17.1 Å². The van der Waals surface area contributed by atoms with Crippen LogP contribution in [-0.4, -0.2) is 18.0 Å². The summed E-state index contributed by atoms with van der Waals surface area (Å²) in [5, 5.41) is 0. The number of rotatable bonds is 3. The van der Waals surface area contributed by atoms with Gasteiger partial charge in [0, 0.05) is 32.4 Å². The van der Waals surface area contributed by atoms with Crippen LogP contribution in [0.15, 0.2) is 73.0 Å². The van der Waals surface area contributed by atoms with E-state index in [9.17, 15) is 0 Å². The molecule has 7 heteroatoms. The number of hydrogen-bond acceptors (Lipinski definition) is 5. The normalized spacial score (nSPS) is 12.9. The van der Waals surface area contributed by atoms with E-state index in [1.807, 2.05) is 54.6 Å². The van der Waals surface area contributed by atoms with Gasteiger partial charge in [-0.2, -0.15) is 0 Å². The van der Waals surface area contributed by atoms with Gasteiger partial charge in [-0.15, -0.1) is 0 Å². The Morgan fingerprint density at radius 3 is 2.68 bits per heavy atom. The zero-order chi connectivity index (χ0) is 19.1. The molecule has 4 aromatic rings. The lowest BCUT2D eigenvalue weighted by Crippen LogP contribution is -1.92. The largest absolute Gasteiger partial charge is 0.454 e. The van der Waals surface area contributed by atoms with Gasteiger partial charge in [-0.3, -0.25) is 4.99 Å². The van der Waals surface area contributed by atoms with E-state index in [0.29, 0.717) is 17.2 Å². The first-order chi connectivity index (χ1) is 13.7. The van der Waals surface area contributed by atoms with Gasteiger partial charge in [0.25, 0.3) is 0 Å². The maximum atomic E-state index is 5.93. The molecule has 0 atom stereocenters. The summed E-state index contributed by atoms with van der Waals surface area (Å²) in [6.07, 6.45) is 1.78. The van der Waals surface area contributed by atoms with Gasteiger partial charge in [0.2, 0.25) is 12.7 Å². The van der Waals surface area contributed by atoms with Gasteiger partial charge in [-0.05, 0) is 58.4 Å². The van der Waals surface area contributed by atoms with Crippen LogP contribution in [0.3, 0.4) is 0 Å². The van der Waals surface area contributed by atoms with Gasteiger partial charge in [-0.25, -0.2) is 4.98 Å². The Labute approximate surface area is 177 Å². The van der Waals surface area contributed by atoms with Crippen molar-refractivity contribution in [3.8, 4) is 23.0 Å². The molecule has 0 radical (unpaired) electrons. The van der Waals surface area contributed by atoms with E-state index in [-0.39, 0.29) is 6.79 Å². The molecular weight excluding hydrogens is 488 g/mol. The van der Waals surface area contributed by atoms with E-state index in [4.69, 9.17) is 13.9 Å². The maximum Gasteiger partial charge on any atom is 0.231 e. The molecule has 1 aromatic heterocycles. The quantitative estimate of drug-likeness (QED) is 0.302. The summed E-state index contributed by atoms with van der Waals surface area (Å²) < 4.78 is 18.6. The third-order valence-corrected chi connectivity index (χ3v) is 5.47. The third kappa shape index (κ3) is 3.31. The number of aromatic nitrogens is 1. The molecule has 1 aliphatic heterocycles. The topological polar surface area (TPSA) is 56.9 Å². The molecule has 0 aliphatic carbocycles. The second-order valence-corrected chi connectivity index (χ2v) is 7.94. The van der Waals surface area contributed by atoms with Crippen LogP contribution >= 0.6 is 31.9 Å². The smallest absolute Gasteiger partial charge is 0.231 e. The van der Waals surface area contributed by atoms with E-state index < -0.39 is 0 Å². The lowest BCUT2D eigenvalue weighted by Gasteiger charge is -2.01. The van der Waals surface area contributed by atoms with Crippen molar-refractivity contribution in [2.45, 2.75) is 0 Å². The van der Waals surface area contributed by atoms with Crippen molar-refractivity contribution in [1.82, 2.24) is 4.98 Å². The van der Waals surface area contributed by atoms with Crippen LogP contribution in [0.5, 0.6) is 11.5 Å². The predicted octanol–water partition coefficient (Wildman–Crippen LogP) is 6.50. The highest BCUT2D eigenvalue weighted by Gasteiger charge is 2.15. The molecule has 0 N–H and O–H groups in total.